The third-order valence-corrected chi connectivity index (χ3v) is 6.45. The van der Waals surface area contributed by atoms with Crippen molar-refractivity contribution in [2.45, 2.75) is 42.9 Å². The lowest BCUT2D eigenvalue weighted by Crippen LogP contribution is -2.49. The fraction of sp³-hybridized carbons (Fsp3) is 0.647. The van der Waals surface area contributed by atoms with Crippen LogP contribution in [0.15, 0.2) is 30.3 Å². The first-order chi connectivity index (χ1) is 9.81. The summed E-state index contributed by atoms with van der Waals surface area (Å²) < 4.78 is 0.566. The van der Waals surface area contributed by atoms with E-state index in [-0.39, 0.29) is 0 Å². The molecule has 0 aromatic heterocycles. The summed E-state index contributed by atoms with van der Waals surface area (Å²) in [5, 5.41) is 3.84. The molecule has 0 bridgehead atoms. The van der Waals surface area contributed by atoms with Crippen molar-refractivity contribution < 1.29 is 0 Å². The SMILES string of the molecule is CSC1(CNC2CCN(c3ccccc3)CC2)CCC1. The van der Waals surface area contributed by atoms with Crippen LogP contribution in [-0.2, 0) is 0 Å². The van der Waals surface area contributed by atoms with Crippen LogP contribution in [0, 0.1) is 0 Å². The van der Waals surface area contributed by atoms with E-state index in [9.17, 15) is 0 Å². The van der Waals surface area contributed by atoms with Gasteiger partial charge in [-0.25, -0.2) is 0 Å². The Hall–Kier alpha value is -0.670. The maximum atomic E-state index is 3.84. The number of nitrogens with zero attached hydrogens (tertiary/aromatic N) is 1. The normalized spacial score (nSPS) is 22.6. The van der Waals surface area contributed by atoms with Gasteiger partial charge in [-0.3, -0.25) is 0 Å². The van der Waals surface area contributed by atoms with Crippen LogP contribution >= 0.6 is 11.8 Å². The van der Waals surface area contributed by atoms with Gasteiger partial charge in [-0.15, -0.1) is 0 Å². The molecule has 1 aliphatic heterocycles. The Bertz CT molecular complexity index is 403. The van der Waals surface area contributed by atoms with Gasteiger partial charge in [0.1, 0.15) is 0 Å². The third-order valence-electron chi connectivity index (χ3n) is 5.03. The molecule has 1 aromatic carbocycles. The average molecular weight is 290 g/mol. The number of para-hydroxylation sites is 1. The number of hydrogen-bond donors (Lipinski definition) is 1. The van der Waals surface area contributed by atoms with Crippen molar-refractivity contribution in [3.63, 3.8) is 0 Å². The van der Waals surface area contributed by atoms with Gasteiger partial charge < -0.3 is 10.2 Å². The van der Waals surface area contributed by atoms with Crippen molar-refractivity contribution >= 4 is 17.4 Å². The number of nitrogens with one attached hydrogen (secondary N) is 1. The molecule has 1 aromatic rings. The van der Waals surface area contributed by atoms with Crippen molar-refractivity contribution in [1.82, 2.24) is 5.32 Å². The number of rotatable bonds is 5. The highest BCUT2D eigenvalue weighted by atomic mass is 32.2. The van der Waals surface area contributed by atoms with E-state index >= 15 is 0 Å². The lowest BCUT2D eigenvalue weighted by Gasteiger charge is -2.42. The molecule has 1 saturated carbocycles. The molecule has 0 radical (unpaired) electrons. The average Bonchev–Trinajstić information content (AvgIpc) is 2.48. The number of thioether (sulfide) groups is 1. The molecule has 0 unspecified atom stereocenters. The minimum absolute atomic E-state index is 0.566. The van der Waals surface area contributed by atoms with Crippen LogP contribution in [0.3, 0.4) is 0 Å². The van der Waals surface area contributed by atoms with Gasteiger partial charge >= 0.3 is 0 Å². The molecule has 1 saturated heterocycles. The van der Waals surface area contributed by atoms with Gasteiger partial charge in [-0.2, -0.15) is 11.8 Å². The van der Waals surface area contributed by atoms with Crippen LogP contribution in [0.5, 0.6) is 0 Å². The highest BCUT2D eigenvalue weighted by molar-refractivity contribution is 8.00. The largest absolute Gasteiger partial charge is 0.371 e. The fourth-order valence-electron chi connectivity index (χ4n) is 3.34. The summed E-state index contributed by atoms with van der Waals surface area (Å²) in [6.07, 6.45) is 9.07. The van der Waals surface area contributed by atoms with Gasteiger partial charge in [0.05, 0.1) is 0 Å². The van der Waals surface area contributed by atoms with Crippen LogP contribution < -0.4 is 10.2 Å². The highest BCUT2D eigenvalue weighted by Crippen LogP contribution is 2.42. The molecule has 110 valence electrons. The second kappa shape index (κ2) is 6.40. The molecule has 20 heavy (non-hydrogen) atoms. The number of piperidine rings is 1. The van der Waals surface area contributed by atoms with E-state index in [1.54, 1.807) is 0 Å². The van der Waals surface area contributed by atoms with Gasteiger partial charge in [0.25, 0.3) is 0 Å². The molecule has 2 fully saturated rings. The molecule has 0 atom stereocenters. The molecule has 2 aliphatic rings. The zero-order valence-electron chi connectivity index (χ0n) is 12.5. The van der Waals surface area contributed by atoms with E-state index in [4.69, 9.17) is 0 Å². The summed E-state index contributed by atoms with van der Waals surface area (Å²) >= 11 is 2.07. The maximum absolute atomic E-state index is 3.84. The Balaban J connectivity index is 1.44. The Labute approximate surface area is 127 Å². The standard InChI is InChI=1S/C17H26N2S/c1-20-17(10-5-11-17)14-18-15-8-12-19(13-9-15)16-6-3-2-4-7-16/h2-4,6-7,15,18H,5,8-14H2,1H3. The highest BCUT2D eigenvalue weighted by Gasteiger charge is 2.36. The van der Waals surface area contributed by atoms with Gasteiger partial charge in [0.15, 0.2) is 0 Å². The summed E-state index contributed by atoms with van der Waals surface area (Å²) in [5.41, 5.74) is 1.38. The minimum Gasteiger partial charge on any atom is -0.371 e. The summed E-state index contributed by atoms with van der Waals surface area (Å²) in [7, 11) is 0. The fourth-order valence-corrected chi connectivity index (χ4v) is 4.26. The first kappa shape index (κ1) is 14.3. The molecular weight excluding hydrogens is 264 g/mol. The predicted octanol–water partition coefficient (Wildman–Crippen LogP) is 3.53. The number of anilines is 1. The van der Waals surface area contributed by atoms with E-state index in [1.807, 2.05) is 0 Å². The maximum Gasteiger partial charge on any atom is 0.0366 e. The van der Waals surface area contributed by atoms with E-state index in [2.05, 4.69) is 58.6 Å². The topological polar surface area (TPSA) is 15.3 Å². The lowest BCUT2D eigenvalue weighted by atomic mass is 9.84. The second-order valence-electron chi connectivity index (χ2n) is 6.22. The molecule has 1 aliphatic carbocycles. The zero-order chi connectivity index (χ0) is 13.8. The molecule has 3 heteroatoms. The number of hydrogen-bond acceptors (Lipinski definition) is 3. The Morgan fingerprint density at radius 2 is 1.90 bits per heavy atom. The molecule has 0 amide bonds. The zero-order valence-corrected chi connectivity index (χ0v) is 13.3. The summed E-state index contributed by atoms with van der Waals surface area (Å²) in [6.45, 7) is 3.59. The van der Waals surface area contributed by atoms with E-state index in [0.29, 0.717) is 4.75 Å². The van der Waals surface area contributed by atoms with E-state index in [1.165, 1.54) is 57.4 Å². The van der Waals surface area contributed by atoms with Crippen molar-refractivity contribution in [3.05, 3.63) is 30.3 Å². The summed E-state index contributed by atoms with van der Waals surface area (Å²) in [5.74, 6) is 0. The summed E-state index contributed by atoms with van der Waals surface area (Å²) in [6, 6.07) is 11.5. The smallest absolute Gasteiger partial charge is 0.0366 e. The molecule has 3 rings (SSSR count). The third kappa shape index (κ3) is 3.15. The van der Waals surface area contributed by atoms with Crippen molar-refractivity contribution in [1.29, 1.82) is 0 Å². The lowest BCUT2D eigenvalue weighted by molar-refractivity contribution is 0.313. The first-order valence-corrected chi connectivity index (χ1v) is 9.12. The van der Waals surface area contributed by atoms with Gasteiger partial charge in [-0.05, 0) is 44.1 Å². The van der Waals surface area contributed by atoms with Gasteiger partial charge in [0.2, 0.25) is 0 Å². The molecule has 1 heterocycles. The van der Waals surface area contributed by atoms with E-state index in [0.717, 1.165) is 6.04 Å². The Kier molecular flexibility index (Phi) is 4.57. The summed E-state index contributed by atoms with van der Waals surface area (Å²) in [4.78, 5) is 2.52. The van der Waals surface area contributed by atoms with Crippen LogP contribution in [-0.4, -0.2) is 36.7 Å². The Morgan fingerprint density at radius 1 is 1.20 bits per heavy atom. The van der Waals surface area contributed by atoms with Crippen LogP contribution in [0.1, 0.15) is 32.1 Å². The second-order valence-corrected chi connectivity index (χ2v) is 7.49. The van der Waals surface area contributed by atoms with Gasteiger partial charge in [-0.1, -0.05) is 24.6 Å². The predicted molar refractivity (Wildman–Crippen MR) is 89.8 cm³/mol. The first-order valence-electron chi connectivity index (χ1n) is 7.90. The quantitative estimate of drug-likeness (QED) is 0.893. The molecule has 2 nitrogen and oxygen atoms in total. The number of benzene rings is 1. The van der Waals surface area contributed by atoms with Crippen LogP contribution in [0.25, 0.3) is 0 Å². The minimum atomic E-state index is 0.566. The van der Waals surface area contributed by atoms with Crippen molar-refractivity contribution in [2.75, 3.05) is 30.8 Å². The van der Waals surface area contributed by atoms with Crippen molar-refractivity contribution in [2.24, 2.45) is 0 Å². The Morgan fingerprint density at radius 3 is 2.45 bits per heavy atom. The van der Waals surface area contributed by atoms with Crippen LogP contribution in [0.4, 0.5) is 5.69 Å². The molecular formula is C17H26N2S. The molecule has 0 spiro atoms. The van der Waals surface area contributed by atoms with Gasteiger partial charge in [0, 0.05) is 36.1 Å². The van der Waals surface area contributed by atoms with Crippen LogP contribution in [0.2, 0.25) is 0 Å². The molecule has 1 N–H and O–H groups in total. The monoisotopic (exact) mass is 290 g/mol. The van der Waals surface area contributed by atoms with Crippen molar-refractivity contribution in [3.8, 4) is 0 Å². The van der Waals surface area contributed by atoms with E-state index < -0.39 is 0 Å².